The third kappa shape index (κ3) is 4.73. The first-order chi connectivity index (χ1) is 4.85. The zero-order valence-corrected chi connectivity index (χ0v) is 6.42. The third-order valence-corrected chi connectivity index (χ3v) is 1.30. The predicted octanol–water partition coefficient (Wildman–Crippen LogP) is 0.156. The van der Waals surface area contributed by atoms with Gasteiger partial charge in [0.05, 0.1) is 6.10 Å². The number of hydrogen-bond acceptors (Lipinski definition) is 3. The summed E-state index contributed by atoms with van der Waals surface area (Å²) in [6.07, 6.45) is 1.27. The molecule has 0 heterocycles. The molecule has 0 unspecified atom stereocenters. The molecule has 0 bridgehead atoms. The Labute approximate surface area is 61.6 Å². The van der Waals surface area contributed by atoms with Gasteiger partial charge in [0.15, 0.2) is 0 Å². The van der Waals surface area contributed by atoms with E-state index in [-0.39, 0.29) is 19.3 Å². The monoisotopic (exact) mass is 148 g/mol. The molecule has 0 saturated heterocycles. The van der Waals surface area contributed by atoms with E-state index in [1.807, 2.05) is 6.92 Å². The van der Waals surface area contributed by atoms with Crippen molar-refractivity contribution in [2.75, 3.05) is 19.8 Å². The van der Waals surface area contributed by atoms with Crippen LogP contribution in [0.4, 0.5) is 0 Å². The van der Waals surface area contributed by atoms with E-state index in [0.717, 1.165) is 0 Å². The van der Waals surface area contributed by atoms with Gasteiger partial charge in [-0.25, -0.2) is 0 Å². The molecule has 0 saturated carbocycles. The molecule has 0 aromatic rings. The summed E-state index contributed by atoms with van der Waals surface area (Å²) in [5, 5.41) is 17.1. The fraction of sp³-hybridized carbons (Fsp3) is 1.00. The van der Waals surface area contributed by atoms with E-state index in [9.17, 15) is 0 Å². The van der Waals surface area contributed by atoms with Crippen LogP contribution in [-0.4, -0.2) is 36.1 Å². The molecule has 0 aliphatic rings. The van der Waals surface area contributed by atoms with Gasteiger partial charge in [-0.3, -0.25) is 0 Å². The lowest BCUT2D eigenvalue weighted by Gasteiger charge is -2.13. The average molecular weight is 148 g/mol. The van der Waals surface area contributed by atoms with Gasteiger partial charge in [-0.05, 0) is 19.8 Å². The molecule has 3 heteroatoms. The first-order valence-electron chi connectivity index (χ1n) is 3.68. The van der Waals surface area contributed by atoms with E-state index in [2.05, 4.69) is 0 Å². The molecule has 0 atom stereocenters. The number of hydrogen-bond donors (Lipinski definition) is 2. The predicted molar refractivity (Wildman–Crippen MR) is 38.8 cm³/mol. The molecule has 0 aromatic heterocycles. The molecular weight excluding hydrogens is 132 g/mol. The highest BCUT2D eigenvalue weighted by molar-refractivity contribution is 4.55. The van der Waals surface area contributed by atoms with Crippen LogP contribution in [0.1, 0.15) is 19.8 Å². The van der Waals surface area contributed by atoms with Crippen molar-refractivity contribution in [2.24, 2.45) is 0 Å². The highest BCUT2D eigenvalue weighted by atomic mass is 16.5. The average Bonchev–Trinajstić information content (AvgIpc) is 1.90. The van der Waals surface area contributed by atoms with Crippen LogP contribution in [0.3, 0.4) is 0 Å². The van der Waals surface area contributed by atoms with Crippen LogP contribution in [0.5, 0.6) is 0 Å². The van der Waals surface area contributed by atoms with Crippen LogP contribution in [-0.2, 0) is 4.74 Å². The van der Waals surface area contributed by atoms with Crippen LogP contribution in [0.2, 0.25) is 0 Å². The van der Waals surface area contributed by atoms with Gasteiger partial charge >= 0.3 is 0 Å². The van der Waals surface area contributed by atoms with Crippen LogP contribution >= 0.6 is 0 Å². The number of aliphatic hydroxyl groups excluding tert-OH is 2. The Balaban J connectivity index is 3.30. The SMILES string of the molecule is CCOC(CCO)CCO. The van der Waals surface area contributed by atoms with E-state index in [0.29, 0.717) is 19.4 Å². The Morgan fingerprint density at radius 2 is 1.70 bits per heavy atom. The summed E-state index contributed by atoms with van der Waals surface area (Å²) >= 11 is 0. The quantitative estimate of drug-likeness (QED) is 0.564. The standard InChI is InChI=1S/C7H16O3/c1-2-10-7(3-5-8)4-6-9/h7-9H,2-6H2,1H3. The van der Waals surface area contributed by atoms with E-state index < -0.39 is 0 Å². The van der Waals surface area contributed by atoms with Gasteiger partial charge in [-0.2, -0.15) is 0 Å². The Bertz CT molecular complexity index is 51.6. The van der Waals surface area contributed by atoms with Crippen molar-refractivity contribution >= 4 is 0 Å². The van der Waals surface area contributed by atoms with Crippen LogP contribution in [0.25, 0.3) is 0 Å². The molecule has 0 aliphatic heterocycles. The second-order valence-corrected chi connectivity index (χ2v) is 2.10. The second kappa shape index (κ2) is 6.99. The van der Waals surface area contributed by atoms with Crippen molar-refractivity contribution < 1.29 is 14.9 Å². The minimum Gasteiger partial charge on any atom is -0.396 e. The molecule has 62 valence electrons. The molecule has 0 fully saturated rings. The lowest BCUT2D eigenvalue weighted by Crippen LogP contribution is -2.16. The Morgan fingerprint density at radius 3 is 2.00 bits per heavy atom. The van der Waals surface area contributed by atoms with Crippen molar-refractivity contribution in [1.82, 2.24) is 0 Å². The maximum absolute atomic E-state index is 8.53. The molecular formula is C7H16O3. The highest BCUT2D eigenvalue weighted by Gasteiger charge is 2.05. The van der Waals surface area contributed by atoms with Crippen molar-refractivity contribution in [2.45, 2.75) is 25.9 Å². The fourth-order valence-electron chi connectivity index (χ4n) is 0.835. The van der Waals surface area contributed by atoms with Crippen LogP contribution in [0, 0.1) is 0 Å². The van der Waals surface area contributed by atoms with Crippen molar-refractivity contribution in [3.05, 3.63) is 0 Å². The summed E-state index contributed by atoms with van der Waals surface area (Å²) in [5.41, 5.74) is 0. The Morgan fingerprint density at radius 1 is 1.20 bits per heavy atom. The maximum atomic E-state index is 8.53. The van der Waals surface area contributed by atoms with Gasteiger partial charge in [0.2, 0.25) is 0 Å². The zero-order valence-electron chi connectivity index (χ0n) is 6.42. The topological polar surface area (TPSA) is 49.7 Å². The molecule has 0 radical (unpaired) electrons. The molecule has 0 amide bonds. The van der Waals surface area contributed by atoms with Gasteiger partial charge in [0, 0.05) is 19.8 Å². The molecule has 0 aliphatic carbocycles. The second-order valence-electron chi connectivity index (χ2n) is 2.10. The van der Waals surface area contributed by atoms with Gasteiger partial charge in [0.1, 0.15) is 0 Å². The van der Waals surface area contributed by atoms with Crippen molar-refractivity contribution in [1.29, 1.82) is 0 Å². The van der Waals surface area contributed by atoms with Gasteiger partial charge < -0.3 is 14.9 Å². The number of rotatable bonds is 6. The normalized spacial score (nSPS) is 10.8. The Kier molecular flexibility index (Phi) is 6.91. The van der Waals surface area contributed by atoms with Gasteiger partial charge in [-0.1, -0.05) is 0 Å². The first-order valence-corrected chi connectivity index (χ1v) is 3.68. The lowest BCUT2D eigenvalue weighted by molar-refractivity contribution is 0.0275. The lowest BCUT2D eigenvalue weighted by atomic mass is 10.2. The molecule has 0 spiro atoms. The van der Waals surface area contributed by atoms with Crippen LogP contribution < -0.4 is 0 Å². The van der Waals surface area contributed by atoms with E-state index in [1.54, 1.807) is 0 Å². The summed E-state index contributed by atoms with van der Waals surface area (Å²) in [7, 11) is 0. The van der Waals surface area contributed by atoms with E-state index in [1.165, 1.54) is 0 Å². The van der Waals surface area contributed by atoms with Crippen molar-refractivity contribution in [3.63, 3.8) is 0 Å². The molecule has 10 heavy (non-hydrogen) atoms. The van der Waals surface area contributed by atoms with Crippen molar-refractivity contribution in [3.8, 4) is 0 Å². The van der Waals surface area contributed by atoms with E-state index >= 15 is 0 Å². The number of ether oxygens (including phenoxy) is 1. The summed E-state index contributed by atoms with van der Waals surface area (Å²) in [6.45, 7) is 2.81. The Hall–Kier alpha value is -0.120. The molecule has 0 rings (SSSR count). The minimum absolute atomic E-state index is 0.0278. The first kappa shape index (κ1) is 9.88. The fourth-order valence-corrected chi connectivity index (χ4v) is 0.835. The smallest absolute Gasteiger partial charge is 0.0618 e. The van der Waals surface area contributed by atoms with Gasteiger partial charge in [-0.15, -0.1) is 0 Å². The van der Waals surface area contributed by atoms with Crippen LogP contribution in [0.15, 0.2) is 0 Å². The minimum atomic E-state index is 0.0278. The largest absolute Gasteiger partial charge is 0.396 e. The number of aliphatic hydroxyl groups is 2. The zero-order chi connectivity index (χ0) is 7.82. The molecule has 2 N–H and O–H groups in total. The summed E-state index contributed by atoms with van der Waals surface area (Å²) in [6, 6.07) is 0. The molecule has 3 nitrogen and oxygen atoms in total. The van der Waals surface area contributed by atoms with Gasteiger partial charge in [0.25, 0.3) is 0 Å². The summed E-state index contributed by atoms with van der Waals surface area (Å²) in [4.78, 5) is 0. The summed E-state index contributed by atoms with van der Waals surface area (Å²) in [5.74, 6) is 0. The molecule has 0 aromatic carbocycles. The summed E-state index contributed by atoms with van der Waals surface area (Å²) < 4.78 is 5.20. The van der Waals surface area contributed by atoms with E-state index in [4.69, 9.17) is 14.9 Å². The highest BCUT2D eigenvalue weighted by Crippen LogP contribution is 2.01. The third-order valence-electron chi connectivity index (χ3n) is 1.30. The maximum Gasteiger partial charge on any atom is 0.0618 e.